The highest BCUT2D eigenvalue weighted by atomic mass is 35.5. The van der Waals surface area contributed by atoms with Crippen LogP contribution in [-0.2, 0) is 19.8 Å². The second-order valence-electron chi connectivity index (χ2n) is 7.28. The molecule has 0 radical (unpaired) electrons. The van der Waals surface area contributed by atoms with E-state index >= 15 is 0 Å². The maximum Gasteiger partial charge on any atom is 0.243 e. The Bertz CT molecular complexity index is 1220. The molecule has 3 aromatic rings. The van der Waals surface area contributed by atoms with E-state index in [0.29, 0.717) is 27.7 Å². The molecule has 30 heavy (non-hydrogen) atoms. The van der Waals surface area contributed by atoms with Crippen LogP contribution in [0.25, 0.3) is 5.69 Å². The molecule has 1 unspecified atom stereocenters. The van der Waals surface area contributed by atoms with E-state index in [-0.39, 0.29) is 18.9 Å². The molecule has 3 amide bonds. The van der Waals surface area contributed by atoms with Crippen molar-refractivity contribution in [3.63, 3.8) is 0 Å². The summed E-state index contributed by atoms with van der Waals surface area (Å²) in [6.07, 6.45) is 1.42. The number of nitrogens with two attached hydrogens (primary N) is 1. The van der Waals surface area contributed by atoms with Crippen LogP contribution in [0.15, 0.2) is 54.7 Å². The topological polar surface area (TPSA) is 110 Å². The van der Waals surface area contributed by atoms with E-state index in [4.69, 9.17) is 17.3 Å². The second-order valence-corrected chi connectivity index (χ2v) is 7.68. The summed E-state index contributed by atoms with van der Waals surface area (Å²) in [5.41, 5.74) is 6.22. The number of nitrogens with zero attached hydrogens (tertiary/aromatic N) is 3. The van der Waals surface area contributed by atoms with Gasteiger partial charge in [-0.1, -0.05) is 35.9 Å². The van der Waals surface area contributed by atoms with E-state index in [1.807, 2.05) is 30.3 Å². The van der Waals surface area contributed by atoms with Crippen LogP contribution in [-0.4, -0.2) is 34.0 Å². The molecule has 1 spiro atoms. The van der Waals surface area contributed by atoms with Gasteiger partial charge in [-0.2, -0.15) is 5.10 Å². The zero-order chi connectivity index (χ0) is 21.0. The fourth-order valence-electron chi connectivity index (χ4n) is 4.39. The Morgan fingerprint density at radius 2 is 1.93 bits per heavy atom. The number of primary amides is 1. The van der Waals surface area contributed by atoms with Crippen molar-refractivity contribution in [1.82, 2.24) is 9.78 Å². The molecule has 9 heteroatoms. The summed E-state index contributed by atoms with van der Waals surface area (Å²) in [6, 6.07) is 14.3. The second kappa shape index (κ2) is 6.43. The minimum atomic E-state index is -1.38. The molecule has 150 valence electrons. The highest BCUT2D eigenvalue weighted by Crippen LogP contribution is 2.54. The van der Waals surface area contributed by atoms with Crippen LogP contribution in [0.1, 0.15) is 17.5 Å². The number of nitrogens with one attached hydrogen (secondary N) is 1. The van der Waals surface area contributed by atoms with E-state index in [2.05, 4.69) is 10.4 Å². The summed E-state index contributed by atoms with van der Waals surface area (Å²) in [5.74, 6) is -1.03. The van der Waals surface area contributed by atoms with Gasteiger partial charge in [0.05, 0.1) is 17.6 Å². The summed E-state index contributed by atoms with van der Waals surface area (Å²) in [4.78, 5) is 39.5. The Morgan fingerprint density at radius 3 is 2.67 bits per heavy atom. The molecular formula is C21H16ClN5O3. The Balaban J connectivity index is 1.79. The van der Waals surface area contributed by atoms with Crippen molar-refractivity contribution in [2.24, 2.45) is 5.73 Å². The van der Waals surface area contributed by atoms with Crippen LogP contribution in [0.2, 0.25) is 5.02 Å². The van der Waals surface area contributed by atoms with Gasteiger partial charge in [-0.3, -0.25) is 14.4 Å². The lowest BCUT2D eigenvalue weighted by molar-refractivity contribution is -0.127. The number of hydrogen-bond donors (Lipinski definition) is 2. The Morgan fingerprint density at radius 1 is 1.17 bits per heavy atom. The molecule has 0 saturated heterocycles. The van der Waals surface area contributed by atoms with Crippen LogP contribution in [0, 0.1) is 0 Å². The largest absolute Gasteiger partial charge is 0.368 e. The molecule has 2 aliphatic heterocycles. The third kappa shape index (κ3) is 2.40. The van der Waals surface area contributed by atoms with Gasteiger partial charge in [-0.15, -0.1) is 0 Å². The molecule has 0 saturated carbocycles. The minimum Gasteiger partial charge on any atom is -0.368 e. The molecule has 2 aliphatic rings. The monoisotopic (exact) mass is 421 g/mol. The Labute approximate surface area is 176 Å². The van der Waals surface area contributed by atoms with E-state index < -0.39 is 17.2 Å². The van der Waals surface area contributed by atoms with E-state index in [1.165, 1.54) is 4.90 Å². The van der Waals surface area contributed by atoms with Gasteiger partial charge in [0.2, 0.25) is 17.7 Å². The van der Waals surface area contributed by atoms with Crippen molar-refractivity contribution >= 4 is 40.8 Å². The van der Waals surface area contributed by atoms with Gasteiger partial charge >= 0.3 is 0 Å². The minimum absolute atomic E-state index is 0.148. The van der Waals surface area contributed by atoms with Crippen molar-refractivity contribution in [3.8, 4) is 5.69 Å². The highest BCUT2D eigenvalue weighted by molar-refractivity contribution is 6.34. The Kier molecular flexibility index (Phi) is 3.94. The summed E-state index contributed by atoms with van der Waals surface area (Å²) < 4.78 is 1.58. The van der Waals surface area contributed by atoms with Gasteiger partial charge in [0.25, 0.3) is 0 Å². The third-order valence-electron chi connectivity index (χ3n) is 5.55. The first-order valence-electron chi connectivity index (χ1n) is 9.26. The van der Waals surface area contributed by atoms with Crippen LogP contribution < -0.4 is 16.0 Å². The van der Waals surface area contributed by atoms with E-state index in [9.17, 15) is 14.4 Å². The van der Waals surface area contributed by atoms with Crippen molar-refractivity contribution in [3.05, 3.63) is 70.9 Å². The number of carbonyl (C=O) groups is 3. The van der Waals surface area contributed by atoms with Gasteiger partial charge in [-0.25, -0.2) is 4.68 Å². The van der Waals surface area contributed by atoms with Crippen LogP contribution in [0.4, 0.5) is 11.5 Å². The Hall–Kier alpha value is -3.65. The average Bonchev–Trinajstić information content (AvgIpc) is 3.23. The fraction of sp³-hybridized carbons (Fsp3) is 0.143. The standard InChI is InChI=1S/C21H16ClN5O3/c22-14-7-4-8-15-18(14)21(20(30)26(15)11-16(23)28)9-17(29)25-19-13(21)10-24-27(19)12-5-2-1-3-6-12/h1-8,10H,9,11H2,(H2,23,28)(H,25,29). The molecule has 0 fully saturated rings. The molecule has 3 heterocycles. The lowest BCUT2D eigenvalue weighted by Crippen LogP contribution is -2.48. The predicted octanol–water partition coefficient (Wildman–Crippen LogP) is 1.99. The normalized spacial score (nSPS) is 19.6. The zero-order valence-corrected chi connectivity index (χ0v) is 16.4. The van der Waals surface area contributed by atoms with Gasteiger partial charge in [0, 0.05) is 22.6 Å². The number of para-hydroxylation sites is 1. The molecule has 5 rings (SSSR count). The number of carbonyl (C=O) groups excluding carboxylic acids is 3. The molecule has 0 aliphatic carbocycles. The third-order valence-corrected chi connectivity index (χ3v) is 5.86. The molecule has 1 atom stereocenters. The van der Waals surface area contributed by atoms with Gasteiger partial charge < -0.3 is 16.0 Å². The molecule has 8 nitrogen and oxygen atoms in total. The highest BCUT2D eigenvalue weighted by Gasteiger charge is 2.58. The molecular weight excluding hydrogens is 406 g/mol. The number of hydrogen-bond acceptors (Lipinski definition) is 4. The van der Waals surface area contributed by atoms with E-state index in [0.717, 1.165) is 5.69 Å². The lowest BCUT2D eigenvalue weighted by atomic mass is 9.71. The van der Waals surface area contributed by atoms with Crippen molar-refractivity contribution in [2.75, 3.05) is 16.8 Å². The first kappa shape index (κ1) is 18.4. The number of benzene rings is 2. The number of amides is 3. The first-order valence-corrected chi connectivity index (χ1v) is 9.64. The van der Waals surface area contributed by atoms with Crippen LogP contribution in [0.5, 0.6) is 0 Å². The fourth-order valence-corrected chi connectivity index (χ4v) is 4.72. The molecule has 0 bridgehead atoms. The predicted molar refractivity (Wildman–Crippen MR) is 111 cm³/mol. The molecule has 1 aromatic heterocycles. The van der Waals surface area contributed by atoms with E-state index in [1.54, 1.807) is 29.1 Å². The maximum absolute atomic E-state index is 13.7. The first-order chi connectivity index (χ1) is 14.4. The molecule has 3 N–H and O–H groups in total. The average molecular weight is 422 g/mol. The number of fused-ring (bicyclic) bond motifs is 4. The van der Waals surface area contributed by atoms with Gasteiger partial charge in [0.15, 0.2) is 0 Å². The number of rotatable bonds is 3. The van der Waals surface area contributed by atoms with Crippen LogP contribution >= 0.6 is 11.6 Å². The summed E-state index contributed by atoms with van der Waals surface area (Å²) >= 11 is 6.54. The quantitative estimate of drug-likeness (QED) is 0.673. The number of aromatic nitrogens is 2. The summed E-state index contributed by atoms with van der Waals surface area (Å²) in [6.45, 7) is -0.308. The van der Waals surface area contributed by atoms with Crippen LogP contribution in [0.3, 0.4) is 0 Å². The van der Waals surface area contributed by atoms with Crippen molar-refractivity contribution in [1.29, 1.82) is 0 Å². The molecule has 2 aromatic carbocycles. The van der Waals surface area contributed by atoms with Gasteiger partial charge in [-0.05, 0) is 24.3 Å². The van der Waals surface area contributed by atoms with Crippen molar-refractivity contribution in [2.45, 2.75) is 11.8 Å². The summed E-state index contributed by atoms with van der Waals surface area (Å²) in [7, 11) is 0. The number of anilines is 2. The SMILES string of the molecule is NC(=O)CN1C(=O)C2(CC(=O)Nc3c2cnn3-c2ccccc2)c2c(Cl)cccc21. The summed E-state index contributed by atoms with van der Waals surface area (Å²) in [5, 5.41) is 7.62. The lowest BCUT2D eigenvalue weighted by Gasteiger charge is -2.32. The zero-order valence-electron chi connectivity index (χ0n) is 15.6. The van der Waals surface area contributed by atoms with Crippen molar-refractivity contribution < 1.29 is 14.4 Å². The maximum atomic E-state index is 13.7. The smallest absolute Gasteiger partial charge is 0.243 e. The van der Waals surface area contributed by atoms with Gasteiger partial charge in [0.1, 0.15) is 17.8 Å². The number of halogens is 1.